The van der Waals surface area contributed by atoms with Gasteiger partial charge in [0.1, 0.15) is 0 Å². The van der Waals surface area contributed by atoms with Gasteiger partial charge in [-0.3, -0.25) is 0 Å². The summed E-state index contributed by atoms with van der Waals surface area (Å²) in [4.78, 5) is 4.87. The predicted octanol–water partition coefficient (Wildman–Crippen LogP) is 6.21. The number of hydrogen-bond donors (Lipinski definition) is 0. The molecular formula is C20H18ClN. The van der Waals surface area contributed by atoms with Gasteiger partial charge in [0.25, 0.3) is 0 Å². The molecule has 2 aromatic carbocycles. The van der Waals surface area contributed by atoms with Gasteiger partial charge in [0.15, 0.2) is 0 Å². The lowest BCUT2D eigenvalue weighted by Gasteiger charge is -2.12. The van der Waals surface area contributed by atoms with Crippen molar-refractivity contribution in [3.63, 3.8) is 0 Å². The van der Waals surface area contributed by atoms with E-state index in [-0.39, 0.29) is 0 Å². The predicted molar refractivity (Wildman–Crippen MR) is 96.4 cm³/mol. The highest BCUT2D eigenvalue weighted by atomic mass is 35.5. The van der Waals surface area contributed by atoms with E-state index in [2.05, 4.69) is 38.6 Å². The molecule has 1 nitrogen and oxygen atoms in total. The number of fused-ring (bicyclic) bond motifs is 1. The largest absolute Gasteiger partial charge is 0.247 e. The Balaban J connectivity index is 2.34. The molecule has 0 aliphatic rings. The Labute approximate surface area is 136 Å². The fourth-order valence-electron chi connectivity index (χ4n) is 2.80. The second kappa shape index (κ2) is 5.58. The topological polar surface area (TPSA) is 12.9 Å². The first kappa shape index (κ1) is 14.8. The van der Waals surface area contributed by atoms with Gasteiger partial charge in [0.2, 0.25) is 0 Å². The van der Waals surface area contributed by atoms with Crippen molar-refractivity contribution in [2.75, 3.05) is 0 Å². The minimum absolute atomic E-state index is 0.733. The molecule has 0 atom stereocenters. The molecule has 0 saturated heterocycles. The van der Waals surface area contributed by atoms with Crippen LogP contribution in [0.15, 0.2) is 49.0 Å². The quantitative estimate of drug-likeness (QED) is 0.549. The Hall–Kier alpha value is -2.12. The second-order valence-electron chi connectivity index (χ2n) is 5.82. The molecule has 0 unspecified atom stereocenters. The van der Waals surface area contributed by atoms with Crippen LogP contribution in [0.25, 0.3) is 27.7 Å². The van der Waals surface area contributed by atoms with Gasteiger partial charge in [-0.05, 0) is 56.2 Å². The van der Waals surface area contributed by atoms with Crippen molar-refractivity contribution in [2.24, 2.45) is 0 Å². The molecule has 0 amide bonds. The molecule has 0 saturated carbocycles. The smallest absolute Gasteiger partial charge is 0.0744 e. The van der Waals surface area contributed by atoms with Gasteiger partial charge in [-0.2, -0.15) is 0 Å². The molecule has 3 aromatic rings. The van der Waals surface area contributed by atoms with Gasteiger partial charge in [0, 0.05) is 16.0 Å². The number of aryl methyl sites for hydroxylation is 2. The summed E-state index contributed by atoms with van der Waals surface area (Å²) in [5.74, 6) is 0. The van der Waals surface area contributed by atoms with Crippen molar-refractivity contribution in [3.05, 3.63) is 70.8 Å². The first-order valence-electron chi connectivity index (χ1n) is 7.29. The normalized spacial score (nSPS) is 10.9. The van der Waals surface area contributed by atoms with E-state index in [0.29, 0.717) is 0 Å². The van der Waals surface area contributed by atoms with Crippen LogP contribution < -0.4 is 0 Å². The first-order valence-corrected chi connectivity index (χ1v) is 7.67. The zero-order valence-electron chi connectivity index (χ0n) is 13.1. The summed E-state index contributed by atoms with van der Waals surface area (Å²) in [6.07, 6.45) is 0. The Morgan fingerprint density at radius 3 is 2.36 bits per heavy atom. The standard InChI is InChI=1S/C20H18ClN/c1-12(2)17-11-19(15-5-7-16(21)8-6-15)22-20-14(4)9-13(3)10-18(17)20/h5-11H,1H2,2-4H3. The molecule has 0 aliphatic carbocycles. The molecular weight excluding hydrogens is 290 g/mol. The molecule has 22 heavy (non-hydrogen) atoms. The van der Waals surface area contributed by atoms with Crippen LogP contribution in [0.1, 0.15) is 23.6 Å². The van der Waals surface area contributed by atoms with Gasteiger partial charge < -0.3 is 0 Å². The lowest BCUT2D eigenvalue weighted by molar-refractivity contribution is 1.33. The van der Waals surface area contributed by atoms with Crippen LogP contribution in [0.4, 0.5) is 0 Å². The number of halogens is 1. The molecule has 3 rings (SSSR count). The van der Waals surface area contributed by atoms with Gasteiger partial charge in [-0.25, -0.2) is 4.98 Å². The molecule has 1 aromatic heterocycles. The van der Waals surface area contributed by atoms with Gasteiger partial charge in [-0.1, -0.05) is 47.5 Å². The fraction of sp³-hybridized carbons (Fsp3) is 0.150. The summed E-state index contributed by atoms with van der Waals surface area (Å²) in [6.45, 7) is 10.4. The molecule has 0 aliphatic heterocycles. The maximum absolute atomic E-state index is 5.98. The molecule has 1 heterocycles. The van der Waals surface area contributed by atoms with Crippen molar-refractivity contribution in [1.82, 2.24) is 4.98 Å². The number of hydrogen-bond acceptors (Lipinski definition) is 1. The van der Waals surface area contributed by atoms with Crippen LogP contribution in [0.5, 0.6) is 0 Å². The maximum Gasteiger partial charge on any atom is 0.0744 e. The van der Waals surface area contributed by atoms with Crippen LogP contribution >= 0.6 is 11.6 Å². The molecule has 0 bridgehead atoms. The Bertz CT molecular complexity index is 876. The highest BCUT2D eigenvalue weighted by Gasteiger charge is 2.10. The number of nitrogens with zero attached hydrogens (tertiary/aromatic N) is 1. The van der Waals surface area contributed by atoms with Crippen molar-refractivity contribution in [1.29, 1.82) is 0 Å². The van der Waals surface area contributed by atoms with Crippen LogP contribution in [0.2, 0.25) is 5.02 Å². The van der Waals surface area contributed by atoms with Crippen LogP contribution in [0.3, 0.4) is 0 Å². The summed E-state index contributed by atoms with van der Waals surface area (Å²) < 4.78 is 0. The Morgan fingerprint density at radius 2 is 1.73 bits per heavy atom. The molecule has 0 N–H and O–H groups in total. The monoisotopic (exact) mass is 307 g/mol. The van der Waals surface area contributed by atoms with E-state index in [4.69, 9.17) is 16.6 Å². The molecule has 2 heteroatoms. The van der Waals surface area contributed by atoms with E-state index < -0.39 is 0 Å². The molecule has 0 spiro atoms. The first-order chi connectivity index (χ1) is 10.5. The highest BCUT2D eigenvalue weighted by molar-refractivity contribution is 6.30. The third kappa shape index (κ3) is 2.65. The van der Waals surface area contributed by atoms with Gasteiger partial charge in [-0.15, -0.1) is 0 Å². The third-order valence-electron chi connectivity index (χ3n) is 3.85. The zero-order chi connectivity index (χ0) is 15.9. The van der Waals surface area contributed by atoms with Crippen molar-refractivity contribution >= 4 is 28.1 Å². The Kier molecular flexibility index (Phi) is 3.76. The molecule has 0 fully saturated rings. The van der Waals surface area contributed by atoms with Crippen LogP contribution in [-0.4, -0.2) is 4.98 Å². The molecule has 0 radical (unpaired) electrons. The lowest BCUT2D eigenvalue weighted by Crippen LogP contribution is -1.94. The fourth-order valence-corrected chi connectivity index (χ4v) is 2.93. The average molecular weight is 308 g/mol. The minimum atomic E-state index is 0.733. The number of pyridine rings is 1. The summed E-state index contributed by atoms with van der Waals surface area (Å²) in [6, 6.07) is 14.3. The van der Waals surface area contributed by atoms with E-state index in [0.717, 1.165) is 32.9 Å². The highest BCUT2D eigenvalue weighted by Crippen LogP contribution is 2.31. The number of allylic oxidation sites excluding steroid dienone is 1. The SMILES string of the molecule is C=C(C)c1cc(-c2ccc(Cl)cc2)nc2c(C)cc(C)cc12. The van der Waals surface area contributed by atoms with E-state index in [1.165, 1.54) is 16.5 Å². The maximum atomic E-state index is 5.98. The zero-order valence-corrected chi connectivity index (χ0v) is 13.8. The molecule has 110 valence electrons. The average Bonchev–Trinajstić information content (AvgIpc) is 2.47. The van der Waals surface area contributed by atoms with E-state index in [9.17, 15) is 0 Å². The van der Waals surface area contributed by atoms with E-state index in [1.54, 1.807) is 0 Å². The summed E-state index contributed by atoms with van der Waals surface area (Å²) in [5, 5.41) is 1.90. The summed E-state index contributed by atoms with van der Waals surface area (Å²) in [5.41, 5.74) is 7.69. The van der Waals surface area contributed by atoms with E-state index >= 15 is 0 Å². The minimum Gasteiger partial charge on any atom is -0.247 e. The van der Waals surface area contributed by atoms with E-state index in [1.807, 2.05) is 31.2 Å². The van der Waals surface area contributed by atoms with Crippen molar-refractivity contribution in [3.8, 4) is 11.3 Å². The summed E-state index contributed by atoms with van der Waals surface area (Å²) >= 11 is 5.98. The summed E-state index contributed by atoms with van der Waals surface area (Å²) in [7, 11) is 0. The van der Waals surface area contributed by atoms with Crippen molar-refractivity contribution in [2.45, 2.75) is 20.8 Å². The van der Waals surface area contributed by atoms with Gasteiger partial charge >= 0.3 is 0 Å². The van der Waals surface area contributed by atoms with Crippen LogP contribution in [0, 0.1) is 13.8 Å². The number of rotatable bonds is 2. The third-order valence-corrected chi connectivity index (χ3v) is 4.10. The van der Waals surface area contributed by atoms with Crippen molar-refractivity contribution < 1.29 is 0 Å². The Morgan fingerprint density at radius 1 is 1.05 bits per heavy atom. The number of benzene rings is 2. The second-order valence-corrected chi connectivity index (χ2v) is 6.26. The number of aromatic nitrogens is 1. The van der Waals surface area contributed by atoms with Crippen LogP contribution in [-0.2, 0) is 0 Å². The lowest BCUT2D eigenvalue weighted by atomic mass is 9.97. The van der Waals surface area contributed by atoms with Gasteiger partial charge in [0.05, 0.1) is 11.2 Å².